The summed E-state index contributed by atoms with van der Waals surface area (Å²) in [6.07, 6.45) is 1.73. The van der Waals surface area contributed by atoms with Gasteiger partial charge in [-0.25, -0.2) is 4.79 Å². The van der Waals surface area contributed by atoms with Gasteiger partial charge in [-0.3, -0.25) is 0 Å². The zero-order valence-corrected chi connectivity index (χ0v) is 15.1. The monoisotopic (exact) mass is 353 g/mol. The van der Waals surface area contributed by atoms with Gasteiger partial charge in [0, 0.05) is 18.5 Å². The highest BCUT2D eigenvalue weighted by molar-refractivity contribution is 6.42. The molecule has 0 unspecified atom stereocenters. The van der Waals surface area contributed by atoms with Crippen molar-refractivity contribution in [1.29, 1.82) is 0 Å². The average molecular weight is 354 g/mol. The number of piperidine rings is 1. The van der Waals surface area contributed by atoms with Crippen molar-refractivity contribution in [2.75, 3.05) is 13.1 Å². The van der Waals surface area contributed by atoms with Crippen LogP contribution >= 0.6 is 23.2 Å². The summed E-state index contributed by atoms with van der Waals surface area (Å²) >= 11 is 12.2. The smallest absolute Gasteiger partial charge is 0.410 e. The van der Waals surface area contributed by atoms with Gasteiger partial charge in [0.2, 0.25) is 0 Å². The number of fused-ring (bicyclic) bond motifs is 1. The maximum Gasteiger partial charge on any atom is 0.410 e. The van der Waals surface area contributed by atoms with Crippen LogP contribution in [0.25, 0.3) is 0 Å². The Hall–Kier alpha value is -1.19. The van der Waals surface area contributed by atoms with E-state index < -0.39 is 5.60 Å². The summed E-state index contributed by atoms with van der Waals surface area (Å²) in [5, 5.41) is 1.09. The molecule has 1 saturated heterocycles. The topological polar surface area (TPSA) is 29.5 Å². The molecule has 1 amide bonds. The molecule has 0 aromatic heterocycles. The number of nitrogens with zero attached hydrogens (tertiary/aromatic N) is 1. The van der Waals surface area contributed by atoms with E-state index in [0.29, 0.717) is 35.0 Å². The molecule has 0 radical (unpaired) electrons. The molecule has 0 bridgehead atoms. The van der Waals surface area contributed by atoms with Crippen LogP contribution in [0.4, 0.5) is 4.79 Å². The lowest BCUT2D eigenvalue weighted by Crippen LogP contribution is -2.38. The SMILES string of the molecule is C=C[C@@H]1[C@H]2CN(C(=O)OC(C)(C)C)C[C@@]12c1ccc(Cl)c(Cl)c1. The van der Waals surface area contributed by atoms with E-state index >= 15 is 0 Å². The molecule has 3 rings (SSSR count). The second-order valence-electron chi connectivity index (χ2n) is 7.40. The van der Waals surface area contributed by atoms with E-state index in [2.05, 4.69) is 6.58 Å². The number of likely N-dealkylation sites (tertiary alicyclic amines) is 1. The third kappa shape index (κ3) is 2.74. The first-order valence-electron chi connectivity index (χ1n) is 7.75. The Kier molecular flexibility index (Phi) is 3.93. The molecule has 0 spiro atoms. The Morgan fingerprint density at radius 2 is 2.09 bits per heavy atom. The van der Waals surface area contributed by atoms with Gasteiger partial charge < -0.3 is 9.64 Å². The van der Waals surface area contributed by atoms with Crippen LogP contribution in [0.1, 0.15) is 26.3 Å². The van der Waals surface area contributed by atoms with Crippen molar-refractivity contribution >= 4 is 29.3 Å². The van der Waals surface area contributed by atoms with E-state index in [1.807, 2.05) is 45.0 Å². The maximum atomic E-state index is 12.3. The van der Waals surface area contributed by atoms with Gasteiger partial charge in [0.15, 0.2) is 0 Å². The Morgan fingerprint density at radius 1 is 1.39 bits per heavy atom. The van der Waals surface area contributed by atoms with Crippen molar-refractivity contribution in [2.24, 2.45) is 11.8 Å². The van der Waals surface area contributed by atoms with Crippen LogP contribution in [0.5, 0.6) is 0 Å². The molecule has 0 N–H and O–H groups in total. The quantitative estimate of drug-likeness (QED) is 0.706. The fourth-order valence-corrected chi connectivity index (χ4v) is 4.09. The van der Waals surface area contributed by atoms with Gasteiger partial charge in [-0.1, -0.05) is 35.3 Å². The van der Waals surface area contributed by atoms with Gasteiger partial charge in [-0.15, -0.1) is 6.58 Å². The van der Waals surface area contributed by atoms with Gasteiger partial charge in [0.05, 0.1) is 10.0 Å². The summed E-state index contributed by atoms with van der Waals surface area (Å²) in [7, 11) is 0. The number of carbonyl (C=O) groups is 1. The highest BCUT2D eigenvalue weighted by Crippen LogP contribution is 2.65. The first-order valence-corrected chi connectivity index (χ1v) is 8.50. The molecular formula is C18H21Cl2NO2. The van der Waals surface area contributed by atoms with Gasteiger partial charge in [-0.2, -0.15) is 0 Å². The van der Waals surface area contributed by atoms with Crippen LogP contribution in [0.3, 0.4) is 0 Å². The summed E-state index contributed by atoms with van der Waals surface area (Å²) in [4.78, 5) is 14.1. The number of hydrogen-bond donors (Lipinski definition) is 0. The Balaban J connectivity index is 1.85. The molecule has 1 saturated carbocycles. The number of ether oxygens (including phenoxy) is 1. The third-order valence-corrected chi connectivity index (χ3v) is 5.55. The van der Waals surface area contributed by atoms with Gasteiger partial charge in [0.25, 0.3) is 0 Å². The summed E-state index contributed by atoms with van der Waals surface area (Å²) in [5.74, 6) is 0.725. The molecule has 5 heteroatoms. The molecule has 1 heterocycles. The van der Waals surface area contributed by atoms with E-state index in [4.69, 9.17) is 27.9 Å². The van der Waals surface area contributed by atoms with E-state index in [1.54, 1.807) is 4.90 Å². The second-order valence-corrected chi connectivity index (χ2v) is 8.21. The minimum absolute atomic E-state index is 0.104. The summed E-state index contributed by atoms with van der Waals surface area (Å²) in [6.45, 7) is 10.9. The van der Waals surface area contributed by atoms with Crippen molar-refractivity contribution in [3.63, 3.8) is 0 Å². The largest absolute Gasteiger partial charge is 0.444 e. The van der Waals surface area contributed by atoms with E-state index in [9.17, 15) is 4.79 Å². The number of allylic oxidation sites excluding steroid dienone is 1. The van der Waals surface area contributed by atoms with Crippen molar-refractivity contribution in [1.82, 2.24) is 4.90 Å². The van der Waals surface area contributed by atoms with Crippen LogP contribution in [0, 0.1) is 11.8 Å². The van der Waals surface area contributed by atoms with Gasteiger partial charge in [-0.05, 0) is 50.3 Å². The number of benzene rings is 1. The molecule has 3 nitrogen and oxygen atoms in total. The molecular weight excluding hydrogens is 333 g/mol. The summed E-state index contributed by atoms with van der Waals surface area (Å²) < 4.78 is 5.50. The maximum absolute atomic E-state index is 12.3. The molecule has 1 aliphatic carbocycles. The van der Waals surface area contributed by atoms with Crippen molar-refractivity contribution < 1.29 is 9.53 Å². The minimum atomic E-state index is -0.488. The minimum Gasteiger partial charge on any atom is -0.444 e. The lowest BCUT2D eigenvalue weighted by atomic mass is 9.92. The zero-order valence-electron chi connectivity index (χ0n) is 13.6. The van der Waals surface area contributed by atoms with Crippen LogP contribution in [0.2, 0.25) is 10.0 Å². The molecule has 124 valence electrons. The third-order valence-electron chi connectivity index (χ3n) is 4.81. The molecule has 3 atom stereocenters. The fraction of sp³-hybridized carbons (Fsp3) is 0.500. The second kappa shape index (κ2) is 5.42. The summed E-state index contributed by atoms with van der Waals surface area (Å²) in [6, 6.07) is 5.74. The first kappa shape index (κ1) is 16.7. The molecule has 2 aliphatic rings. The van der Waals surface area contributed by atoms with Crippen molar-refractivity contribution in [3.8, 4) is 0 Å². The number of hydrogen-bond acceptors (Lipinski definition) is 2. The van der Waals surface area contributed by atoms with Gasteiger partial charge >= 0.3 is 6.09 Å². The number of halogens is 2. The number of amides is 1. The molecule has 2 fully saturated rings. The average Bonchev–Trinajstić information content (AvgIpc) is 2.87. The van der Waals surface area contributed by atoms with E-state index in [0.717, 1.165) is 5.56 Å². The van der Waals surface area contributed by atoms with E-state index in [1.165, 1.54) is 0 Å². The zero-order chi connectivity index (χ0) is 17.0. The van der Waals surface area contributed by atoms with Crippen LogP contribution in [-0.2, 0) is 10.2 Å². The highest BCUT2D eigenvalue weighted by Gasteiger charge is 2.69. The summed E-state index contributed by atoms with van der Waals surface area (Å²) in [5.41, 5.74) is 0.526. The van der Waals surface area contributed by atoms with Gasteiger partial charge in [0.1, 0.15) is 5.60 Å². The predicted octanol–water partition coefficient (Wildman–Crippen LogP) is 4.91. The molecule has 1 aromatic rings. The first-order chi connectivity index (χ1) is 10.7. The lowest BCUT2D eigenvalue weighted by molar-refractivity contribution is 0.0264. The fourth-order valence-electron chi connectivity index (χ4n) is 3.79. The van der Waals surface area contributed by atoms with Crippen molar-refractivity contribution in [2.45, 2.75) is 31.8 Å². The standard InChI is InChI=1S/C18H21Cl2NO2/c1-5-12-13-9-21(16(22)23-17(2,3)4)10-18(12,13)11-6-7-14(19)15(20)8-11/h5-8,12-13H,1,9-10H2,2-4H3/t12-,13-,18-/m1/s1. The molecule has 23 heavy (non-hydrogen) atoms. The Labute approximate surface area is 147 Å². The van der Waals surface area contributed by atoms with Crippen molar-refractivity contribution in [3.05, 3.63) is 46.5 Å². The number of carbonyl (C=O) groups excluding carboxylic acids is 1. The molecule has 1 aliphatic heterocycles. The highest BCUT2D eigenvalue weighted by atomic mass is 35.5. The van der Waals surface area contributed by atoms with Crippen LogP contribution < -0.4 is 0 Å². The number of rotatable bonds is 2. The van der Waals surface area contributed by atoms with E-state index in [-0.39, 0.29) is 11.5 Å². The normalized spacial score (nSPS) is 29.2. The predicted molar refractivity (Wildman–Crippen MR) is 93.1 cm³/mol. The van der Waals surface area contributed by atoms with Crippen LogP contribution in [0.15, 0.2) is 30.9 Å². The molecule has 1 aromatic carbocycles. The van der Waals surface area contributed by atoms with Crippen LogP contribution in [-0.4, -0.2) is 29.7 Å². The lowest BCUT2D eigenvalue weighted by Gasteiger charge is -2.27. The Bertz CT molecular complexity index is 667. The Morgan fingerprint density at radius 3 is 2.65 bits per heavy atom.